The summed E-state index contributed by atoms with van der Waals surface area (Å²) in [6.07, 6.45) is 3.10. The fraction of sp³-hybridized carbons (Fsp3) is 0.292. The summed E-state index contributed by atoms with van der Waals surface area (Å²) in [6.45, 7) is 1.31. The molecule has 148 valence electrons. The molecule has 0 N–H and O–H groups in total. The molecule has 0 spiro atoms. The van der Waals surface area contributed by atoms with Crippen molar-refractivity contribution < 1.29 is 18.6 Å². The first-order valence-electron chi connectivity index (χ1n) is 9.60. The Balaban J connectivity index is 1.51. The van der Waals surface area contributed by atoms with Crippen LogP contribution in [-0.4, -0.2) is 31.9 Å². The van der Waals surface area contributed by atoms with E-state index in [0.29, 0.717) is 37.5 Å². The molecule has 4 nitrogen and oxygen atoms in total. The number of halogens is 1. The maximum absolute atomic E-state index is 14.2. The Morgan fingerprint density at radius 3 is 2.79 bits per heavy atom. The van der Waals surface area contributed by atoms with Crippen molar-refractivity contribution in [2.24, 2.45) is 0 Å². The number of nitrogens with zero attached hydrogens (tertiary/aromatic N) is 1. The van der Waals surface area contributed by atoms with Gasteiger partial charge in [0.1, 0.15) is 23.9 Å². The zero-order valence-electron chi connectivity index (χ0n) is 16.3. The van der Waals surface area contributed by atoms with Crippen LogP contribution in [0, 0.1) is 17.7 Å². The molecule has 0 atom stereocenters. The van der Waals surface area contributed by atoms with Gasteiger partial charge in [0.2, 0.25) is 0 Å². The largest absolute Gasteiger partial charge is 0.481 e. The highest BCUT2D eigenvalue weighted by Gasteiger charge is 2.35. The third-order valence-electron chi connectivity index (χ3n) is 5.28. The minimum absolute atomic E-state index is 0.136. The molecule has 0 radical (unpaired) electrons. The van der Waals surface area contributed by atoms with Gasteiger partial charge >= 0.3 is 0 Å². The predicted molar refractivity (Wildman–Crippen MR) is 109 cm³/mol. The Hall–Kier alpha value is -2.94. The number of hydrogen-bond acceptors (Lipinski definition) is 4. The van der Waals surface area contributed by atoms with Crippen molar-refractivity contribution in [3.63, 3.8) is 0 Å². The predicted octanol–water partition coefficient (Wildman–Crippen LogP) is 4.46. The second-order valence-electron chi connectivity index (χ2n) is 6.96. The van der Waals surface area contributed by atoms with Crippen molar-refractivity contribution in [1.29, 1.82) is 0 Å². The topological polar surface area (TPSA) is 40.6 Å². The van der Waals surface area contributed by atoms with E-state index in [4.69, 9.17) is 14.2 Å². The van der Waals surface area contributed by atoms with Gasteiger partial charge in [-0.1, -0.05) is 30.2 Å². The summed E-state index contributed by atoms with van der Waals surface area (Å²) in [5, 5.41) is 2.08. The van der Waals surface area contributed by atoms with Crippen LogP contribution in [0.15, 0.2) is 54.7 Å². The lowest BCUT2D eigenvalue weighted by Gasteiger charge is -2.36. The molecule has 1 aromatic heterocycles. The average Bonchev–Trinajstić information content (AvgIpc) is 2.77. The Morgan fingerprint density at radius 1 is 1.14 bits per heavy atom. The third kappa shape index (κ3) is 4.24. The summed E-state index contributed by atoms with van der Waals surface area (Å²) < 4.78 is 31.1. The van der Waals surface area contributed by atoms with E-state index in [1.165, 1.54) is 12.1 Å². The smallest absolute Gasteiger partial charge is 0.149 e. The molecule has 1 saturated heterocycles. The van der Waals surface area contributed by atoms with Crippen LogP contribution < -0.4 is 4.74 Å². The Bertz CT molecular complexity index is 1060. The molecule has 5 heteroatoms. The first-order valence-corrected chi connectivity index (χ1v) is 9.60. The van der Waals surface area contributed by atoms with Crippen molar-refractivity contribution in [3.8, 4) is 17.6 Å². The molecule has 1 aliphatic heterocycles. The van der Waals surface area contributed by atoms with E-state index in [9.17, 15) is 4.39 Å². The average molecular weight is 391 g/mol. The second-order valence-corrected chi connectivity index (χ2v) is 6.96. The summed E-state index contributed by atoms with van der Waals surface area (Å²) in [7, 11) is 1.65. The van der Waals surface area contributed by atoms with Gasteiger partial charge in [-0.2, -0.15) is 0 Å². The molecule has 4 rings (SSSR count). The lowest BCUT2D eigenvalue weighted by Crippen LogP contribution is -2.35. The number of fused-ring (bicyclic) bond motifs is 1. The maximum Gasteiger partial charge on any atom is 0.149 e. The summed E-state index contributed by atoms with van der Waals surface area (Å²) in [6, 6.07) is 14.6. The van der Waals surface area contributed by atoms with E-state index in [0.717, 1.165) is 16.3 Å². The highest BCUT2D eigenvalue weighted by molar-refractivity contribution is 5.86. The summed E-state index contributed by atoms with van der Waals surface area (Å²) in [5.41, 5.74) is 0.922. The summed E-state index contributed by atoms with van der Waals surface area (Å²) >= 11 is 0. The highest BCUT2D eigenvalue weighted by atomic mass is 19.1. The third-order valence-corrected chi connectivity index (χ3v) is 5.28. The Kier molecular flexibility index (Phi) is 5.75. The fourth-order valence-corrected chi connectivity index (χ4v) is 3.68. The van der Waals surface area contributed by atoms with Crippen molar-refractivity contribution in [1.82, 2.24) is 4.98 Å². The highest BCUT2D eigenvalue weighted by Crippen LogP contribution is 2.37. The van der Waals surface area contributed by atoms with E-state index < -0.39 is 5.60 Å². The molecule has 0 unspecified atom stereocenters. The quantitative estimate of drug-likeness (QED) is 0.616. The van der Waals surface area contributed by atoms with Crippen LogP contribution >= 0.6 is 0 Å². The lowest BCUT2D eigenvalue weighted by molar-refractivity contribution is -0.0950. The van der Waals surface area contributed by atoms with Gasteiger partial charge in [0, 0.05) is 50.8 Å². The number of hydrogen-bond donors (Lipinski definition) is 0. The van der Waals surface area contributed by atoms with Gasteiger partial charge in [-0.15, -0.1) is 0 Å². The van der Waals surface area contributed by atoms with Crippen molar-refractivity contribution in [2.75, 3.05) is 26.9 Å². The molecule has 0 amide bonds. The zero-order chi connectivity index (χ0) is 20.1. The number of pyridine rings is 1. The molecule has 0 saturated carbocycles. The molecule has 2 aromatic carbocycles. The monoisotopic (exact) mass is 391 g/mol. The van der Waals surface area contributed by atoms with Crippen molar-refractivity contribution >= 4 is 10.8 Å². The van der Waals surface area contributed by atoms with Crippen molar-refractivity contribution in [3.05, 3.63) is 71.8 Å². The van der Waals surface area contributed by atoms with Gasteiger partial charge in [0.15, 0.2) is 0 Å². The first-order chi connectivity index (χ1) is 14.2. The summed E-state index contributed by atoms with van der Waals surface area (Å²) in [5.74, 6) is 6.10. The minimum atomic E-state index is -0.545. The molecule has 2 heterocycles. The van der Waals surface area contributed by atoms with Gasteiger partial charge in [0.05, 0.1) is 5.60 Å². The van der Waals surface area contributed by atoms with E-state index in [1.54, 1.807) is 13.3 Å². The van der Waals surface area contributed by atoms with E-state index in [-0.39, 0.29) is 12.4 Å². The second kappa shape index (κ2) is 8.60. The maximum atomic E-state index is 14.2. The number of methoxy groups -OCH3 is 1. The Morgan fingerprint density at radius 2 is 1.97 bits per heavy atom. The molecule has 29 heavy (non-hydrogen) atoms. The van der Waals surface area contributed by atoms with Crippen molar-refractivity contribution in [2.45, 2.75) is 18.4 Å². The van der Waals surface area contributed by atoms with E-state index in [1.807, 2.05) is 36.4 Å². The van der Waals surface area contributed by atoms with Gasteiger partial charge in [0.25, 0.3) is 0 Å². The van der Waals surface area contributed by atoms with Gasteiger partial charge in [-0.3, -0.25) is 0 Å². The number of aromatic nitrogens is 1. The van der Waals surface area contributed by atoms with Crippen LogP contribution in [0.1, 0.15) is 24.1 Å². The number of rotatable bonds is 4. The molecule has 1 aliphatic rings. The molecule has 3 aromatic rings. The fourth-order valence-electron chi connectivity index (χ4n) is 3.68. The first kappa shape index (κ1) is 19.4. The van der Waals surface area contributed by atoms with E-state index in [2.05, 4.69) is 16.8 Å². The zero-order valence-corrected chi connectivity index (χ0v) is 16.3. The molecule has 1 fully saturated rings. The summed E-state index contributed by atoms with van der Waals surface area (Å²) in [4.78, 5) is 4.34. The number of ether oxygens (including phenoxy) is 3. The standard InChI is InChI=1S/C24H22FNO3/c1-27-24(9-13-28-14-10-24)19-15-20(25)17-21(16-19)29-12-4-7-23-22-6-3-2-5-18(22)8-11-26-23/h2-3,5-6,8,11,15-17H,9-10,12-14H2,1H3. The SMILES string of the molecule is COC1(c2cc(F)cc(OCC#Cc3nccc4ccccc34)c2)CCOCC1. The molecular weight excluding hydrogens is 369 g/mol. The van der Waals surface area contributed by atoms with Crippen LogP contribution in [-0.2, 0) is 15.1 Å². The molecule has 0 aliphatic carbocycles. The van der Waals surface area contributed by atoms with Crippen LogP contribution in [0.25, 0.3) is 10.8 Å². The van der Waals surface area contributed by atoms with Crippen LogP contribution in [0.4, 0.5) is 4.39 Å². The van der Waals surface area contributed by atoms with Gasteiger partial charge < -0.3 is 14.2 Å². The van der Waals surface area contributed by atoms with Gasteiger partial charge in [-0.25, -0.2) is 9.37 Å². The van der Waals surface area contributed by atoms with Gasteiger partial charge in [-0.05, 0) is 35.1 Å². The normalized spacial score (nSPS) is 15.5. The molecular formula is C24H22FNO3. The minimum Gasteiger partial charge on any atom is -0.481 e. The number of benzene rings is 2. The lowest BCUT2D eigenvalue weighted by atomic mass is 9.86. The van der Waals surface area contributed by atoms with Crippen LogP contribution in [0.3, 0.4) is 0 Å². The Labute approximate surface area is 169 Å². The van der Waals surface area contributed by atoms with Crippen LogP contribution in [0.2, 0.25) is 0 Å². The van der Waals surface area contributed by atoms with Crippen LogP contribution in [0.5, 0.6) is 5.75 Å². The van der Waals surface area contributed by atoms with E-state index >= 15 is 0 Å². The molecule has 0 bridgehead atoms.